The van der Waals surface area contributed by atoms with Gasteiger partial charge in [-0.3, -0.25) is 0 Å². The lowest BCUT2D eigenvalue weighted by atomic mass is 10.1. The minimum Gasteiger partial charge on any atom is -0.507 e. The molecular weight excluding hydrogens is 378 g/mol. The van der Waals surface area contributed by atoms with Crippen LogP contribution in [0.1, 0.15) is 19.3 Å². The first-order valence-corrected chi connectivity index (χ1v) is 9.09. The minimum atomic E-state index is 0.183. The summed E-state index contributed by atoms with van der Waals surface area (Å²) in [6.07, 6.45) is 3.25. The molecule has 1 N–H and O–H groups in total. The first-order valence-electron chi connectivity index (χ1n) is 7.59. The fourth-order valence-corrected chi connectivity index (χ4v) is 3.07. The summed E-state index contributed by atoms with van der Waals surface area (Å²) >= 11 is 9.44. The van der Waals surface area contributed by atoms with Crippen molar-refractivity contribution in [2.75, 3.05) is 11.9 Å². The van der Waals surface area contributed by atoms with E-state index in [0.717, 1.165) is 35.5 Å². The average Bonchev–Trinajstić information content (AvgIpc) is 2.53. The monoisotopic (exact) mass is 393 g/mol. The van der Waals surface area contributed by atoms with E-state index in [1.165, 1.54) is 0 Å². The molecule has 1 aromatic heterocycles. The number of pyridine rings is 1. The number of rotatable bonds is 6. The van der Waals surface area contributed by atoms with Gasteiger partial charge in [0.1, 0.15) is 11.5 Å². The smallest absolute Gasteiger partial charge is 0.128 e. The van der Waals surface area contributed by atoms with Gasteiger partial charge in [-0.15, -0.1) is 0 Å². The lowest BCUT2D eigenvalue weighted by Gasteiger charge is -2.09. The van der Waals surface area contributed by atoms with Gasteiger partial charge in [0.05, 0.1) is 17.6 Å². The van der Waals surface area contributed by atoms with Crippen LogP contribution in [0.5, 0.6) is 11.5 Å². The quantitative estimate of drug-likeness (QED) is 0.332. The third-order valence-corrected chi connectivity index (χ3v) is 4.49. The van der Waals surface area contributed by atoms with E-state index in [4.69, 9.17) is 16.3 Å². The van der Waals surface area contributed by atoms with Crippen LogP contribution in [0.2, 0.25) is 5.02 Å². The zero-order chi connectivity index (χ0) is 16.2. The SMILES string of the molecule is Oc1cc(OCCCCCBr)cc2nc3cc(Cl)ccc3cc12. The number of hydrogen-bond acceptors (Lipinski definition) is 3. The zero-order valence-corrected chi connectivity index (χ0v) is 14.9. The van der Waals surface area contributed by atoms with Gasteiger partial charge in [0.25, 0.3) is 0 Å². The van der Waals surface area contributed by atoms with E-state index in [-0.39, 0.29) is 5.75 Å². The summed E-state index contributed by atoms with van der Waals surface area (Å²) in [6, 6.07) is 11.0. The number of halogens is 2. The number of unbranched alkanes of at least 4 members (excludes halogenated alkanes) is 2. The summed E-state index contributed by atoms with van der Waals surface area (Å²) < 4.78 is 5.74. The molecule has 0 atom stereocenters. The van der Waals surface area contributed by atoms with Crippen LogP contribution in [0.3, 0.4) is 0 Å². The molecular formula is C18H17BrClNO2. The Bertz CT molecular complexity index is 838. The van der Waals surface area contributed by atoms with Gasteiger partial charge in [0.15, 0.2) is 0 Å². The van der Waals surface area contributed by atoms with Crippen molar-refractivity contribution < 1.29 is 9.84 Å². The van der Waals surface area contributed by atoms with Gasteiger partial charge < -0.3 is 9.84 Å². The van der Waals surface area contributed by atoms with Gasteiger partial charge in [-0.1, -0.05) is 33.6 Å². The maximum absolute atomic E-state index is 10.3. The Kier molecular flexibility index (Phi) is 5.23. The molecule has 120 valence electrons. The fourth-order valence-electron chi connectivity index (χ4n) is 2.51. The number of hydrogen-bond donors (Lipinski definition) is 1. The lowest BCUT2D eigenvalue weighted by molar-refractivity contribution is 0.305. The number of benzene rings is 2. The summed E-state index contributed by atoms with van der Waals surface area (Å²) in [4.78, 5) is 4.59. The number of phenolic OH excluding ortho intramolecular Hbond substituents is 1. The average molecular weight is 395 g/mol. The number of phenols is 1. The molecule has 0 amide bonds. The first-order chi connectivity index (χ1) is 11.2. The Morgan fingerprint density at radius 2 is 1.91 bits per heavy atom. The van der Waals surface area contributed by atoms with Gasteiger partial charge in [0, 0.05) is 33.3 Å². The molecule has 0 bridgehead atoms. The zero-order valence-electron chi connectivity index (χ0n) is 12.6. The van der Waals surface area contributed by atoms with Crippen LogP contribution in [0.15, 0.2) is 36.4 Å². The molecule has 1 heterocycles. The molecule has 0 radical (unpaired) electrons. The molecule has 0 aliphatic rings. The van der Waals surface area contributed by atoms with Gasteiger partial charge in [0.2, 0.25) is 0 Å². The summed E-state index contributed by atoms with van der Waals surface area (Å²) in [5.74, 6) is 0.824. The summed E-state index contributed by atoms with van der Waals surface area (Å²) in [5, 5.41) is 13.6. The third kappa shape index (κ3) is 3.88. The molecule has 0 aliphatic carbocycles. The molecule has 3 aromatic rings. The van der Waals surface area contributed by atoms with Crippen LogP contribution in [0.25, 0.3) is 21.8 Å². The van der Waals surface area contributed by atoms with Crippen LogP contribution < -0.4 is 4.74 Å². The molecule has 5 heteroatoms. The van der Waals surface area contributed by atoms with E-state index in [1.807, 2.05) is 30.3 Å². The summed E-state index contributed by atoms with van der Waals surface area (Å²) in [5.41, 5.74) is 1.51. The van der Waals surface area contributed by atoms with Crippen LogP contribution in [0, 0.1) is 0 Å². The Morgan fingerprint density at radius 1 is 1.04 bits per heavy atom. The Hall–Kier alpha value is -1.52. The van der Waals surface area contributed by atoms with Gasteiger partial charge >= 0.3 is 0 Å². The Labute approximate surface area is 148 Å². The van der Waals surface area contributed by atoms with E-state index >= 15 is 0 Å². The van der Waals surface area contributed by atoms with Crippen LogP contribution in [0.4, 0.5) is 0 Å². The first kappa shape index (κ1) is 16.3. The van der Waals surface area contributed by atoms with Crippen molar-refractivity contribution in [3.05, 3.63) is 41.4 Å². The lowest BCUT2D eigenvalue weighted by Crippen LogP contribution is -1.97. The maximum Gasteiger partial charge on any atom is 0.128 e. The number of nitrogens with zero attached hydrogens (tertiary/aromatic N) is 1. The van der Waals surface area contributed by atoms with Crippen LogP contribution in [-0.4, -0.2) is 22.0 Å². The van der Waals surface area contributed by atoms with Gasteiger partial charge in [-0.25, -0.2) is 4.98 Å². The van der Waals surface area contributed by atoms with E-state index in [9.17, 15) is 5.11 Å². The van der Waals surface area contributed by atoms with Gasteiger partial charge in [-0.05, 0) is 37.5 Å². The predicted molar refractivity (Wildman–Crippen MR) is 99.1 cm³/mol. The predicted octanol–water partition coefficient (Wildman–Crippen LogP) is 5.69. The number of aromatic nitrogens is 1. The Balaban J connectivity index is 1.88. The van der Waals surface area contributed by atoms with E-state index in [0.29, 0.717) is 28.3 Å². The summed E-state index contributed by atoms with van der Waals surface area (Å²) in [7, 11) is 0. The highest BCUT2D eigenvalue weighted by Gasteiger charge is 2.08. The molecule has 3 nitrogen and oxygen atoms in total. The van der Waals surface area contributed by atoms with Crippen molar-refractivity contribution in [1.82, 2.24) is 4.98 Å². The highest BCUT2D eigenvalue weighted by Crippen LogP contribution is 2.32. The number of alkyl halides is 1. The van der Waals surface area contributed by atoms with Crippen molar-refractivity contribution >= 4 is 49.3 Å². The van der Waals surface area contributed by atoms with Crippen LogP contribution in [-0.2, 0) is 0 Å². The molecule has 0 unspecified atom stereocenters. The second-order valence-corrected chi connectivity index (χ2v) is 6.66. The highest BCUT2D eigenvalue weighted by molar-refractivity contribution is 9.09. The molecule has 0 fully saturated rings. The molecule has 0 spiro atoms. The molecule has 0 saturated carbocycles. The largest absolute Gasteiger partial charge is 0.507 e. The van der Waals surface area contributed by atoms with E-state index in [2.05, 4.69) is 20.9 Å². The fraction of sp³-hybridized carbons (Fsp3) is 0.278. The molecule has 0 aliphatic heterocycles. The second-order valence-electron chi connectivity index (χ2n) is 5.43. The minimum absolute atomic E-state index is 0.183. The second kappa shape index (κ2) is 7.37. The van der Waals surface area contributed by atoms with Crippen molar-refractivity contribution in [2.24, 2.45) is 0 Å². The van der Waals surface area contributed by atoms with Crippen molar-refractivity contribution in [3.63, 3.8) is 0 Å². The van der Waals surface area contributed by atoms with E-state index < -0.39 is 0 Å². The third-order valence-electron chi connectivity index (χ3n) is 3.69. The molecule has 2 aromatic carbocycles. The Morgan fingerprint density at radius 3 is 2.74 bits per heavy atom. The normalized spacial score (nSPS) is 11.2. The van der Waals surface area contributed by atoms with Gasteiger partial charge in [-0.2, -0.15) is 0 Å². The maximum atomic E-state index is 10.3. The van der Waals surface area contributed by atoms with Crippen LogP contribution >= 0.6 is 27.5 Å². The molecule has 0 saturated heterocycles. The van der Waals surface area contributed by atoms with Crippen molar-refractivity contribution in [3.8, 4) is 11.5 Å². The van der Waals surface area contributed by atoms with E-state index in [1.54, 1.807) is 6.07 Å². The molecule has 23 heavy (non-hydrogen) atoms. The number of fused-ring (bicyclic) bond motifs is 2. The molecule has 3 rings (SSSR count). The summed E-state index contributed by atoms with van der Waals surface area (Å²) in [6.45, 7) is 0.636. The standard InChI is InChI=1S/C18H17BrClNO2/c19-6-2-1-3-7-23-14-10-17-15(18(22)11-14)8-12-4-5-13(20)9-16(12)21-17/h4-5,8-11,22H,1-3,6-7H2. The number of aromatic hydroxyl groups is 1. The number of ether oxygens (including phenoxy) is 1. The van der Waals surface area contributed by atoms with Crippen molar-refractivity contribution in [1.29, 1.82) is 0 Å². The van der Waals surface area contributed by atoms with Crippen molar-refractivity contribution in [2.45, 2.75) is 19.3 Å². The highest BCUT2D eigenvalue weighted by atomic mass is 79.9. The topological polar surface area (TPSA) is 42.4 Å².